The van der Waals surface area contributed by atoms with Crippen LogP contribution in [0, 0.1) is 13.8 Å². The number of benzene rings is 1. The number of rotatable bonds is 5. The minimum atomic E-state index is -3.63. The summed E-state index contributed by atoms with van der Waals surface area (Å²) in [5.41, 5.74) is 2.58. The number of aryl methyl sites for hydroxylation is 3. The van der Waals surface area contributed by atoms with Gasteiger partial charge in [-0.3, -0.25) is 0 Å². The van der Waals surface area contributed by atoms with E-state index >= 15 is 0 Å². The summed E-state index contributed by atoms with van der Waals surface area (Å²) in [7, 11) is -3.63. The Morgan fingerprint density at radius 2 is 1.75 bits per heavy atom. The SMILES string of the molecule is CCc1cnc(CNS(=O)(=O)c2c(C)cc(C(C)(C)C)cc2C)o1. The van der Waals surface area contributed by atoms with Crippen molar-refractivity contribution in [2.45, 2.75) is 64.8 Å². The Morgan fingerprint density at radius 1 is 1.17 bits per heavy atom. The van der Waals surface area contributed by atoms with E-state index in [1.165, 1.54) is 0 Å². The van der Waals surface area contributed by atoms with Crippen molar-refractivity contribution in [3.63, 3.8) is 0 Å². The van der Waals surface area contributed by atoms with Crippen LogP contribution in [-0.2, 0) is 28.4 Å². The monoisotopic (exact) mass is 350 g/mol. The second-order valence-corrected chi connectivity index (χ2v) is 8.79. The van der Waals surface area contributed by atoms with Crippen LogP contribution in [0.3, 0.4) is 0 Å². The summed E-state index contributed by atoms with van der Waals surface area (Å²) >= 11 is 0. The van der Waals surface area contributed by atoms with Crippen LogP contribution in [-0.4, -0.2) is 13.4 Å². The second kappa shape index (κ2) is 6.69. The summed E-state index contributed by atoms with van der Waals surface area (Å²) < 4.78 is 33.4. The zero-order valence-electron chi connectivity index (χ0n) is 15.2. The quantitative estimate of drug-likeness (QED) is 0.894. The number of sulfonamides is 1. The molecule has 1 N–H and O–H groups in total. The van der Waals surface area contributed by atoms with Gasteiger partial charge in [0.15, 0.2) is 0 Å². The van der Waals surface area contributed by atoms with Gasteiger partial charge in [-0.25, -0.2) is 18.1 Å². The lowest BCUT2D eigenvalue weighted by molar-refractivity contribution is 0.452. The van der Waals surface area contributed by atoms with E-state index in [9.17, 15) is 8.42 Å². The van der Waals surface area contributed by atoms with Gasteiger partial charge in [-0.05, 0) is 36.0 Å². The first kappa shape index (κ1) is 18.7. The molecule has 1 aromatic carbocycles. The summed E-state index contributed by atoms with van der Waals surface area (Å²) in [5, 5.41) is 0. The van der Waals surface area contributed by atoms with Gasteiger partial charge >= 0.3 is 0 Å². The van der Waals surface area contributed by atoms with E-state index in [2.05, 4.69) is 30.5 Å². The lowest BCUT2D eigenvalue weighted by Gasteiger charge is -2.22. The molecule has 0 unspecified atom stereocenters. The highest BCUT2D eigenvalue weighted by molar-refractivity contribution is 7.89. The topological polar surface area (TPSA) is 72.2 Å². The summed E-state index contributed by atoms with van der Waals surface area (Å²) in [6, 6.07) is 3.89. The standard InChI is InChI=1S/C18H26N2O3S/c1-7-15-10-19-16(23-15)11-20-24(21,22)17-12(2)8-14(9-13(17)3)18(4,5)6/h8-10,20H,7,11H2,1-6H3. The van der Waals surface area contributed by atoms with Gasteiger partial charge in [-0.1, -0.05) is 39.8 Å². The minimum Gasteiger partial charge on any atom is -0.444 e. The highest BCUT2D eigenvalue weighted by Crippen LogP contribution is 2.29. The number of nitrogens with one attached hydrogen (secondary N) is 1. The zero-order valence-corrected chi connectivity index (χ0v) is 16.0. The number of oxazole rings is 1. The van der Waals surface area contributed by atoms with Crippen molar-refractivity contribution in [1.82, 2.24) is 9.71 Å². The third-order valence-corrected chi connectivity index (χ3v) is 5.66. The predicted molar refractivity (Wildman–Crippen MR) is 94.5 cm³/mol. The molecule has 1 aromatic heterocycles. The van der Waals surface area contributed by atoms with E-state index in [0.29, 0.717) is 10.8 Å². The molecule has 1 heterocycles. The fourth-order valence-corrected chi connectivity index (χ4v) is 4.05. The van der Waals surface area contributed by atoms with Gasteiger partial charge < -0.3 is 4.42 Å². The summed E-state index contributed by atoms with van der Waals surface area (Å²) in [6.07, 6.45) is 2.35. The van der Waals surface area contributed by atoms with E-state index < -0.39 is 10.0 Å². The van der Waals surface area contributed by atoms with Crippen LogP contribution in [0.2, 0.25) is 0 Å². The molecule has 2 rings (SSSR count). The first-order valence-electron chi connectivity index (χ1n) is 8.09. The van der Waals surface area contributed by atoms with Gasteiger partial charge in [-0.2, -0.15) is 0 Å². The average molecular weight is 350 g/mol. The summed E-state index contributed by atoms with van der Waals surface area (Å²) in [4.78, 5) is 4.41. The van der Waals surface area contributed by atoms with Crippen molar-refractivity contribution in [2.24, 2.45) is 0 Å². The van der Waals surface area contributed by atoms with Gasteiger partial charge in [0.1, 0.15) is 5.76 Å². The molecule has 0 fully saturated rings. The molecule has 0 atom stereocenters. The normalized spacial score (nSPS) is 12.6. The van der Waals surface area contributed by atoms with Crippen LogP contribution in [0.25, 0.3) is 0 Å². The van der Waals surface area contributed by atoms with Gasteiger partial charge in [0.25, 0.3) is 0 Å². The Morgan fingerprint density at radius 3 is 2.21 bits per heavy atom. The van der Waals surface area contributed by atoms with E-state index in [1.807, 2.05) is 32.9 Å². The van der Waals surface area contributed by atoms with Crippen molar-refractivity contribution in [2.75, 3.05) is 0 Å². The van der Waals surface area contributed by atoms with Crippen LogP contribution in [0.1, 0.15) is 56.0 Å². The first-order valence-corrected chi connectivity index (χ1v) is 9.58. The van der Waals surface area contributed by atoms with Crippen LogP contribution in [0.5, 0.6) is 0 Å². The number of hydrogen-bond donors (Lipinski definition) is 1. The van der Waals surface area contributed by atoms with Crippen molar-refractivity contribution in [3.8, 4) is 0 Å². The fourth-order valence-electron chi connectivity index (χ4n) is 2.63. The molecule has 132 valence electrons. The van der Waals surface area contributed by atoms with E-state index in [4.69, 9.17) is 4.42 Å². The van der Waals surface area contributed by atoms with Crippen LogP contribution in [0.15, 0.2) is 27.6 Å². The lowest BCUT2D eigenvalue weighted by Crippen LogP contribution is -2.25. The molecule has 5 nitrogen and oxygen atoms in total. The Labute approximate surface area is 144 Å². The van der Waals surface area contributed by atoms with Crippen molar-refractivity contribution in [1.29, 1.82) is 0 Å². The molecule has 0 radical (unpaired) electrons. The molecule has 0 amide bonds. The van der Waals surface area contributed by atoms with Crippen LogP contribution < -0.4 is 4.72 Å². The molecule has 24 heavy (non-hydrogen) atoms. The molecule has 0 saturated carbocycles. The molecule has 0 aliphatic rings. The largest absolute Gasteiger partial charge is 0.444 e. The molecule has 6 heteroatoms. The average Bonchev–Trinajstić information content (AvgIpc) is 2.91. The first-order chi connectivity index (χ1) is 11.0. The number of hydrogen-bond acceptors (Lipinski definition) is 4. The Kier molecular flexibility index (Phi) is 5.20. The van der Waals surface area contributed by atoms with Gasteiger partial charge in [0.2, 0.25) is 15.9 Å². The Hall–Kier alpha value is -1.66. The number of nitrogens with zero attached hydrogens (tertiary/aromatic N) is 1. The maximum absolute atomic E-state index is 12.7. The molecule has 0 aliphatic heterocycles. The molecule has 2 aromatic rings. The molecule has 0 saturated heterocycles. The molecular formula is C18H26N2O3S. The Bertz CT molecular complexity index is 807. The van der Waals surface area contributed by atoms with E-state index in [0.717, 1.165) is 28.9 Å². The van der Waals surface area contributed by atoms with Crippen LogP contribution in [0.4, 0.5) is 0 Å². The third-order valence-electron chi connectivity index (χ3n) is 3.96. The zero-order chi connectivity index (χ0) is 18.1. The van der Waals surface area contributed by atoms with Gasteiger partial charge in [0, 0.05) is 6.42 Å². The molecule has 0 aliphatic carbocycles. The van der Waals surface area contributed by atoms with Crippen LogP contribution >= 0.6 is 0 Å². The molecule has 0 spiro atoms. The fraction of sp³-hybridized carbons (Fsp3) is 0.500. The molecular weight excluding hydrogens is 324 g/mol. The second-order valence-electron chi connectivity index (χ2n) is 7.09. The highest BCUT2D eigenvalue weighted by Gasteiger charge is 2.23. The van der Waals surface area contributed by atoms with Gasteiger partial charge in [-0.15, -0.1) is 0 Å². The van der Waals surface area contributed by atoms with Crippen molar-refractivity contribution < 1.29 is 12.8 Å². The van der Waals surface area contributed by atoms with Gasteiger partial charge in [0.05, 0.1) is 17.6 Å². The maximum atomic E-state index is 12.7. The molecule has 0 bridgehead atoms. The predicted octanol–water partition coefficient (Wildman–Crippen LogP) is 3.63. The summed E-state index contributed by atoms with van der Waals surface area (Å²) in [5.74, 6) is 1.11. The Balaban J connectivity index is 2.28. The highest BCUT2D eigenvalue weighted by atomic mass is 32.2. The van der Waals surface area contributed by atoms with E-state index in [1.54, 1.807) is 6.20 Å². The van der Waals surface area contributed by atoms with Crippen molar-refractivity contribution in [3.05, 3.63) is 46.7 Å². The minimum absolute atomic E-state index is 0.0279. The maximum Gasteiger partial charge on any atom is 0.241 e. The summed E-state index contributed by atoms with van der Waals surface area (Å²) in [6.45, 7) is 12.0. The van der Waals surface area contributed by atoms with Crippen molar-refractivity contribution >= 4 is 10.0 Å². The number of aromatic nitrogens is 1. The van der Waals surface area contributed by atoms with E-state index in [-0.39, 0.29) is 12.0 Å². The third kappa shape index (κ3) is 4.05. The smallest absolute Gasteiger partial charge is 0.241 e. The lowest BCUT2D eigenvalue weighted by atomic mass is 9.85.